The van der Waals surface area contributed by atoms with Crippen molar-refractivity contribution in [3.63, 3.8) is 0 Å². The third-order valence-electron chi connectivity index (χ3n) is 3.70. The number of hydrogen-bond donors (Lipinski definition) is 1. The van der Waals surface area contributed by atoms with E-state index in [-0.39, 0.29) is 6.54 Å². The number of rotatable bonds is 7. The zero-order valence-electron chi connectivity index (χ0n) is 14.2. The summed E-state index contributed by atoms with van der Waals surface area (Å²) in [6.07, 6.45) is -2.32. The summed E-state index contributed by atoms with van der Waals surface area (Å²) in [6, 6.07) is 12.3. The zero-order chi connectivity index (χ0) is 20.2. The molecule has 0 amide bonds. The first-order valence-corrected chi connectivity index (χ1v) is 9.47. The second-order valence-corrected chi connectivity index (χ2v) is 7.38. The van der Waals surface area contributed by atoms with Gasteiger partial charge in [0.05, 0.1) is 12.6 Å². The lowest BCUT2D eigenvalue weighted by Gasteiger charge is -2.20. The number of ether oxygens (including phenoxy) is 1. The number of benzene rings is 2. The minimum Gasteiger partial charge on any atom is -0.404 e. The van der Waals surface area contributed by atoms with E-state index in [1.54, 1.807) is 30.3 Å². The van der Waals surface area contributed by atoms with E-state index >= 15 is 0 Å². The lowest BCUT2D eigenvalue weighted by Crippen LogP contribution is -2.32. The van der Waals surface area contributed by atoms with E-state index in [0.29, 0.717) is 5.56 Å². The first-order valence-electron chi connectivity index (χ1n) is 7.99. The van der Waals surface area contributed by atoms with Gasteiger partial charge in [-0.05, 0) is 17.7 Å². The molecule has 7 nitrogen and oxygen atoms in total. The Hall–Kier alpha value is -2.92. The first kappa shape index (κ1) is 19.8. The Balaban J connectivity index is 1.94. The predicted octanol–water partition coefficient (Wildman–Crippen LogP) is 2.90. The van der Waals surface area contributed by atoms with Crippen molar-refractivity contribution < 1.29 is 26.3 Å². The van der Waals surface area contributed by atoms with Crippen LogP contribution in [-0.2, 0) is 16.6 Å². The van der Waals surface area contributed by atoms with Gasteiger partial charge in [-0.1, -0.05) is 42.5 Å². The zero-order valence-corrected chi connectivity index (χ0v) is 15.1. The first-order chi connectivity index (χ1) is 13.2. The molecule has 1 N–H and O–H groups in total. The minimum atomic E-state index is -5.02. The van der Waals surface area contributed by atoms with Gasteiger partial charge in [0.1, 0.15) is 23.3 Å². The molecule has 3 aromatic rings. The lowest BCUT2D eigenvalue weighted by molar-refractivity contribution is -0.275. The van der Waals surface area contributed by atoms with E-state index in [1.807, 2.05) is 0 Å². The molecule has 1 heterocycles. The third kappa shape index (κ3) is 5.08. The average Bonchev–Trinajstić information content (AvgIpc) is 3.14. The van der Waals surface area contributed by atoms with E-state index in [0.717, 1.165) is 12.1 Å². The summed E-state index contributed by atoms with van der Waals surface area (Å²) in [6.45, 7) is 0.0888. The van der Waals surface area contributed by atoms with Gasteiger partial charge in [-0.2, -0.15) is 5.10 Å². The Kier molecular flexibility index (Phi) is 5.66. The quantitative estimate of drug-likeness (QED) is 0.645. The minimum absolute atomic E-state index is 0.0888. The number of nitrogens with one attached hydrogen (secondary N) is 1. The van der Waals surface area contributed by atoms with E-state index in [4.69, 9.17) is 0 Å². The smallest absolute Gasteiger partial charge is 0.404 e. The molecule has 1 unspecified atom stereocenters. The molecular formula is C17H15F3N4O3S. The SMILES string of the molecule is O=S(=O)(NC(Cn1cncn1)c1ccccc1)c1ccccc1OC(F)(F)F. The third-order valence-corrected chi connectivity index (χ3v) is 5.21. The van der Waals surface area contributed by atoms with Crippen LogP contribution in [0.2, 0.25) is 0 Å². The van der Waals surface area contributed by atoms with E-state index < -0.39 is 33.1 Å². The Bertz CT molecular complexity index is 1010. The molecule has 11 heteroatoms. The summed E-state index contributed by atoms with van der Waals surface area (Å²) in [7, 11) is -4.35. The van der Waals surface area contributed by atoms with Crippen molar-refractivity contribution in [2.24, 2.45) is 0 Å². The van der Waals surface area contributed by atoms with Crippen molar-refractivity contribution in [1.82, 2.24) is 19.5 Å². The fourth-order valence-corrected chi connectivity index (χ4v) is 3.89. The molecule has 0 aliphatic heterocycles. The topological polar surface area (TPSA) is 86.1 Å². The van der Waals surface area contributed by atoms with Crippen LogP contribution >= 0.6 is 0 Å². The van der Waals surface area contributed by atoms with Gasteiger partial charge in [-0.25, -0.2) is 18.1 Å². The van der Waals surface area contributed by atoms with Crippen LogP contribution in [-0.4, -0.2) is 29.5 Å². The second-order valence-electron chi connectivity index (χ2n) is 5.70. The van der Waals surface area contributed by atoms with Crippen molar-refractivity contribution >= 4 is 10.0 Å². The molecule has 28 heavy (non-hydrogen) atoms. The molecule has 2 aromatic carbocycles. The fraction of sp³-hybridized carbons (Fsp3) is 0.176. The molecule has 0 spiro atoms. The molecule has 3 rings (SSSR count). The molecule has 0 saturated carbocycles. The molecule has 0 fully saturated rings. The normalized spacial score (nSPS) is 13.2. The molecule has 0 bridgehead atoms. The largest absolute Gasteiger partial charge is 0.573 e. The van der Waals surface area contributed by atoms with Gasteiger partial charge >= 0.3 is 6.36 Å². The van der Waals surface area contributed by atoms with Crippen LogP contribution in [0.1, 0.15) is 11.6 Å². The molecule has 148 valence electrons. The van der Waals surface area contributed by atoms with Crippen LogP contribution in [0.3, 0.4) is 0 Å². The number of para-hydroxylation sites is 1. The highest BCUT2D eigenvalue weighted by Crippen LogP contribution is 2.30. The van der Waals surface area contributed by atoms with Crippen molar-refractivity contribution in [2.45, 2.75) is 23.8 Å². The van der Waals surface area contributed by atoms with Crippen LogP contribution in [0.25, 0.3) is 0 Å². The van der Waals surface area contributed by atoms with Gasteiger partial charge in [0, 0.05) is 0 Å². The van der Waals surface area contributed by atoms with Crippen molar-refractivity contribution in [1.29, 1.82) is 0 Å². The van der Waals surface area contributed by atoms with E-state index in [9.17, 15) is 21.6 Å². The van der Waals surface area contributed by atoms with E-state index in [2.05, 4.69) is 19.5 Å². The number of halogens is 3. The van der Waals surface area contributed by atoms with Crippen LogP contribution in [0.4, 0.5) is 13.2 Å². The highest BCUT2D eigenvalue weighted by molar-refractivity contribution is 7.89. The summed E-state index contributed by atoms with van der Waals surface area (Å²) in [5.41, 5.74) is 0.607. The summed E-state index contributed by atoms with van der Waals surface area (Å²) in [5, 5.41) is 3.95. The van der Waals surface area contributed by atoms with Gasteiger partial charge < -0.3 is 4.74 Å². The summed E-state index contributed by atoms with van der Waals surface area (Å²) >= 11 is 0. The lowest BCUT2D eigenvalue weighted by atomic mass is 10.1. The summed E-state index contributed by atoms with van der Waals surface area (Å²) in [5.74, 6) is -0.810. The number of nitrogens with zero attached hydrogens (tertiary/aromatic N) is 3. The average molecular weight is 412 g/mol. The Morgan fingerprint density at radius 1 is 1.07 bits per heavy atom. The summed E-state index contributed by atoms with van der Waals surface area (Å²) in [4.78, 5) is 3.19. The molecule has 0 aliphatic rings. The highest BCUT2D eigenvalue weighted by Gasteiger charge is 2.34. The molecule has 0 aliphatic carbocycles. The second kappa shape index (κ2) is 7.98. The maximum atomic E-state index is 12.8. The van der Waals surface area contributed by atoms with Crippen molar-refractivity contribution in [3.05, 3.63) is 72.8 Å². The van der Waals surface area contributed by atoms with Crippen LogP contribution in [0, 0.1) is 0 Å². The van der Waals surface area contributed by atoms with Gasteiger partial charge in [0.25, 0.3) is 0 Å². The molecule has 1 atom stereocenters. The Labute approximate surface area is 158 Å². The number of aromatic nitrogens is 3. The number of hydrogen-bond acceptors (Lipinski definition) is 5. The number of sulfonamides is 1. The van der Waals surface area contributed by atoms with E-state index in [1.165, 1.54) is 29.5 Å². The molecule has 0 saturated heterocycles. The summed E-state index contributed by atoms with van der Waals surface area (Å²) < 4.78 is 71.3. The van der Waals surface area contributed by atoms with Crippen molar-refractivity contribution in [3.8, 4) is 5.75 Å². The maximum Gasteiger partial charge on any atom is 0.573 e. The Morgan fingerprint density at radius 2 is 1.75 bits per heavy atom. The number of alkyl halides is 3. The van der Waals surface area contributed by atoms with Crippen LogP contribution in [0.5, 0.6) is 5.75 Å². The fourth-order valence-electron chi connectivity index (χ4n) is 2.54. The van der Waals surface area contributed by atoms with Crippen molar-refractivity contribution in [2.75, 3.05) is 0 Å². The standard InChI is InChI=1S/C17H15F3N4O3S/c18-17(19,20)27-15-8-4-5-9-16(15)28(25,26)23-14(10-24-12-21-11-22-24)13-6-2-1-3-7-13/h1-9,11-12,14,23H,10H2. The highest BCUT2D eigenvalue weighted by atomic mass is 32.2. The van der Waals surface area contributed by atoms with Gasteiger partial charge in [0.2, 0.25) is 10.0 Å². The molecular weight excluding hydrogens is 397 g/mol. The molecule has 0 radical (unpaired) electrons. The van der Waals surface area contributed by atoms with Gasteiger partial charge in [-0.3, -0.25) is 4.68 Å². The maximum absolute atomic E-state index is 12.8. The molecule has 1 aromatic heterocycles. The van der Waals surface area contributed by atoms with Crippen LogP contribution < -0.4 is 9.46 Å². The van der Waals surface area contributed by atoms with Gasteiger partial charge in [0.15, 0.2) is 0 Å². The van der Waals surface area contributed by atoms with Gasteiger partial charge in [-0.15, -0.1) is 13.2 Å². The Morgan fingerprint density at radius 3 is 2.39 bits per heavy atom. The monoisotopic (exact) mass is 412 g/mol. The predicted molar refractivity (Wildman–Crippen MR) is 92.7 cm³/mol. The van der Waals surface area contributed by atoms with Crippen LogP contribution in [0.15, 0.2) is 72.1 Å².